The van der Waals surface area contributed by atoms with Crippen LogP contribution in [0.2, 0.25) is 0 Å². The van der Waals surface area contributed by atoms with Crippen LogP contribution in [0.4, 0.5) is 19.4 Å². The summed E-state index contributed by atoms with van der Waals surface area (Å²) < 4.78 is 71.1. The lowest BCUT2D eigenvalue weighted by molar-refractivity contribution is -0.139. The summed E-state index contributed by atoms with van der Waals surface area (Å²) in [7, 11) is -9.78. The summed E-state index contributed by atoms with van der Waals surface area (Å²) in [5.41, 5.74) is -0.235. The predicted octanol–water partition coefficient (Wildman–Crippen LogP) is 6.91. The van der Waals surface area contributed by atoms with Gasteiger partial charge in [-0.1, -0.05) is 44.6 Å². The number of benzene rings is 1. The maximum absolute atomic E-state index is 12.9. The van der Waals surface area contributed by atoms with Crippen molar-refractivity contribution in [1.29, 1.82) is 0 Å². The Labute approximate surface area is 186 Å². The molecule has 0 spiro atoms. The molecule has 2 aromatic rings. The minimum atomic E-state index is -9.78. The SMILES string of the molecule is C=C(C)C(=O)OCCCCCCn1cc(-c2ccc(S(F)(F)(F)(F)F)cc2)c(=O)[nH]c1=S. The van der Waals surface area contributed by atoms with Crippen molar-refractivity contribution in [3.8, 4) is 11.1 Å². The number of hydrogen-bond acceptors (Lipinski definition) is 4. The van der Waals surface area contributed by atoms with E-state index in [2.05, 4.69) is 11.6 Å². The highest BCUT2D eigenvalue weighted by Gasteiger charge is 2.65. The fraction of sp³-hybridized carbons (Fsp3) is 0.350. The summed E-state index contributed by atoms with van der Waals surface area (Å²) in [6.45, 7) is 5.76. The minimum Gasteiger partial charge on any atom is -0.462 e. The summed E-state index contributed by atoms with van der Waals surface area (Å²) in [4.78, 5) is 23.9. The van der Waals surface area contributed by atoms with E-state index in [1.54, 1.807) is 11.5 Å². The maximum Gasteiger partial charge on any atom is 0.333 e. The number of aryl methyl sites for hydroxylation is 1. The third-order valence-corrected chi connectivity index (χ3v) is 6.00. The Morgan fingerprint density at radius 1 is 1.09 bits per heavy atom. The monoisotopic (exact) mass is 498 g/mol. The molecule has 0 fully saturated rings. The number of nitrogens with zero attached hydrogens (tertiary/aromatic N) is 1. The topological polar surface area (TPSA) is 64.1 Å². The van der Waals surface area contributed by atoms with Gasteiger partial charge in [-0.05, 0) is 56.1 Å². The number of aromatic amines is 1. The first-order valence-electron chi connectivity index (χ1n) is 9.59. The second kappa shape index (κ2) is 8.81. The van der Waals surface area contributed by atoms with E-state index in [9.17, 15) is 29.0 Å². The molecule has 12 heteroatoms. The number of ether oxygens (including phenoxy) is 1. The summed E-state index contributed by atoms with van der Waals surface area (Å²) in [5, 5.41) is 0. The van der Waals surface area contributed by atoms with Crippen LogP contribution in [0.5, 0.6) is 0 Å². The molecule has 0 amide bonds. The molecule has 2 rings (SSSR count). The molecule has 1 heterocycles. The number of unbranched alkanes of at least 4 members (excludes halogenated alkanes) is 3. The zero-order valence-electron chi connectivity index (χ0n) is 17.2. The van der Waals surface area contributed by atoms with E-state index < -0.39 is 26.6 Å². The molecule has 0 saturated carbocycles. The summed E-state index contributed by atoms with van der Waals surface area (Å²) in [6, 6.07) is 2.20. The van der Waals surface area contributed by atoms with Crippen molar-refractivity contribution < 1.29 is 29.0 Å². The second-order valence-electron chi connectivity index (χ2n) is 7.32. The average Bonchev–Trinajstić information content (AvgIpc) is 2.66. The Balaban J connectivity index is 2.03. The van der Waals surface area contributed by atoms with Crippen LogP contribution < -0.4 is 5.56 Å². The maximum atomic E-state index is 12.9. The van der Waals surface area contributed by atoms with Crippen LogP contribution in [-0.2, 0) is 16.1 Å². The highest BCUT2D eigenvalue weighted by atomic mass is 32.5. The number of rotatable bonds is 10. The van der Waals surface area contributed by atoms with Gasteiger partial charge in [0.05, 0.1) is 12.2 Å². The lowest BCUT2D eigenvalue weighted by atomic mass is 10.1. The fourth-order valence-corrected chi connectivity index (χ4v) is 3.69. The van der Waals surface area contributed by atoms with Gasteiger partial charge in [0.2, 0.25) is 0 Å². The van der Waals surface area contributed by atoms with E-state index >= 15 is 0 Å². The molecule has 32 heavy (non-hydrogen) atoms. The Hall–Kier alpha value is -2.47. The van der Waals surface area contributed by atoms with Gasteiger partial charge >= 0.3 is 16.2 Å². The van der Waals surface area contributed by atoms with E-state index in [1.807, 2.05) is 0 Å². The van der Waals surface area contributed by atoms with Gasteiger partial charge in [-0.25, -0.2) is 4.79 Å². The molecule has 5 nitrogen and oxygen atoms in total. The van der Waals surface area contributed by atoms with Gasteiger partial charge in [-0.15, -0.1) is 0 Å². The third kappa shape index (κ3) is 7.30. The van der Waals surface area contributed by atoms with Gasteiger partial charge < -0.3 is 9.30 Å². The lowest BCUT2D eigenvalue weighted by Gasteiger charge is -2.40. The second-order valence-corrected chi connectivity index (χ2v) is 10.1. The van der Waals surface area contributed by atoms with Crippen LogP contribution in [0.25, 0.3) is 11.1 Å². The third-order valence-electron chi connectivity index (χ3n) is 4.50. The van der Waals surface area contributed by atoms with Crippen molar-refractivity contribution >= 4 is 28.4 Å². The first kappa shape index (κ1) is 25.8. The number of aromatic nitrogens is 2. The van der Waals surface area contributed by atoms with Crippen molar-refractivity contribution in [2.75, 3.05) is 6.61 Å². The molecular weight excluding hydrogens is 475 g/mol. The molecule has 0 aliphatic heterocycles. The first-order valence-corrected chi connectivity index (χ1v) is 12.0. The number of esters is 1. The number of H-pyrrole nitrogens is 1. The summed E-state index contributed by atoms with van der Waals surface area (Å²) in [5.74, 6) is -0.439. The zero-order valence-corrected chi connectivity index (χ0v) is 18.8. The van der Waals surface area contributed by atoms with E-state index in [0.717, 1.165) is 25.0 Å². The molecule has 0 bridgehead atoms. The molecule has 1 aromatic heterocycles. The van der Waals surface area contributed by atoms with Crippen molar-refractivity contribution in [1.82, 2.24) is 9.55 Å². The molecule has 0 aliphatic carbocycles. The van der Waals surface area contributed by atoms with Crippen LogP contribution >= 0.6 is 22.4 Å². The highest BCUT2D eigenvalue weighted by molar-refractivity contribution is 8.45. The Morgan fingerprint density at radius 3 is 2.25 bits per heavy atom. The van der Waals surface area contributed by atoms with Crippen LogP contribution in [-0.4, -0.2) is 22.1 Å². The van der Waals surface area contributed by atoms with E-state index in [1.165, 1.54) is 6.20 Å². The van der Waals surface area contributed by atoms with Gasteiger partial charge in [0, 0.05) is 18.3 Å². The largest absolute Gasteiger partial charge is 0.462 e. The predicted molar refractivity (Wildman–Crippen MR) is 117 cm³/mol. The zero-order chi connectivity index (χ0) is 24.2. The first-order chi connectivity index (χ1) is 14.6. The summed E-state index contributed by atoms with van der Waals surface area (Å²) in [6.07, 6.45) is 4.30. The van der Waals surface area contributed by atoms with Crippen LogP contribution in [0, 0.1) is 4.77 Å². The van der Waals surface area contributed by atoms with Crippen LogP contribution in [0.3, 0.4) is 0 Å². The molecule has 0 radical (unpaired) electrons. The van der Waals surface area contributed by atoms with E-state index in [4.69, 9.17) is 17.0 Å². The highest BCUT2D eigenvalue weighted by Crippen LogP contribution is 3.02. The molecule has 0 aliphatic rings. The number of carbonyl (C=O) groups excluding carboxylic acids is 1. The molecule has 0 atom stereocenters. The normalized spacial score (nSPS) is 13.8. The fourth-order valence-electron chi connectivity index (χ4n) is 2.80. The van der Waals surface area contributed by atoms with Crippen LogP contribution in [0.15, 0.2) is 52.3 Å². The lowest BCUT2D eigenvalue weighted by Crippen LogP contribution is -2.15. The Bertz CT molecular complexity index is 1120. The van der Waals surface area contributed by atoms with Gasteiger partial charge in [-0.3, -0.25) is 9.78 Å². The van der Waals surface area contributed by atoms with Gasteiger partial charge in [0.15, 0.2) is 4.77 Å². The molecular formula is C20H23F5N2O3S2. The number of nitrogens with one attached hydrogen (secondary N) is 1. The van der Waals surface area contributed by atoms with Crippen molar-refractivity contribution in [2.45, 2.75) is 44.0 Å². The number of halogens is 5. The minimum absolute atomic E-state index is 0.0130. The van der Waals surface area contributed by atoms with Crippen molar-refractivity contribution in [2.24, 2.45) is 0 Å². The van der Waals surface area contributed by atoms with Gasteiger partial charge in [0.25, 0.3) is 5.56 Å². The van der Waals surface area contributed by atoms with Crippen molar-refractivity contribution in [3.63, 3.8) is 0 Å². The number of carbonyl (C=O) groups is 1. The molecule has 178 valence electrons. The van der Waals surface area contributed by atoms with E-state index in [-0.39, 0.29) is 34.6 Å². The Morgan fingerprint density at radius 2 is 1.69 bits per heavy atom. The van der Waals surface area contributed by atoms with Crippen molar-refractivity contribution in [3.05, 3.63) is 57.7 Å². The molecule has 0 unspecified atom stereocenters. The number of hydrogen-bond donors (Lipinski definition) is 1. The van der Waals surface area contributed by atoms with Crippen LogP contribution in [0.1, 0.15) is 32.6 Å². The quantitative estimate of drug-likeness (QED) is 0.127. The van der Waals surface area contributed by atoms with Gasteiger partial charge in [-0.2, -0.15) is 0 Å². The Kier molecular flexibility index (Phi) is 7.10. The summed E-state index contributed by atoms with van der Waals surface area (Å²) >= 11 is 5.12. The van der Waals surface area contributed by atoms with E-state index in [0.29, 0.717) is 25.0 Å². The standard InChI is InChI=1S/C20H23F5N2O3S2/c1-14(2)19(29)30-12-6-4-3-5-11-27-13-17(18(28)26-20(27)31)15-7-9-16(10-8-15)32(21,22,23,24)25/h7-10,13H,1,3-6,11-12H2,2H3,(H,26,28,31). The average molecular weight is 499 g/mol. The molecule has 0 saturated heterocycles. The molecule has 1 aromatic carbocycles. The smallest absolute Gasteiger partial charge is 0.333 e. The molecule has 1 N–H and O–H groups in total. The van der Waals surface area contributed by atoms with Gasteiger partial charge in [0.1, 0.15) is 4.90 Å².